The van der Waals surface area contributed by atoms with Crippen LogP contribution in [0.25, 0.3) is 10.9 Å². The molecule has 0 saturated carbocycles. The first-order valence-corrected chi connectivity index (χ1v) is 8.59. The van der Waals surface area contributed by atoms with Crippen LogP contribution in [0.5, 0.6) is 0 Å². The number of benzene rings is 1. The number of H-pyrrole nitrogens is 1. The van der Waals surface area contributed by atoms with E-state index in [0.29, 0.717) is 10.7 Å². The lowest BCUT2D eigenvalue weighted by Gasteiger charge is -2.35. The fraction of sp³-hybridized carbons (Fsp3) is 0.263. The van der Waals surface area contributed by atoms with E-state index in [4.69, 9.17) is 11.6 Å². The van der Waals surface area contributed by atoms with Gasteiger partial charge >= 0.3 is 0 Å². The van der Waals surface area contributed by atoms with Crippen molar-refractivity contribution in [2.75, 3.05) is 6.54 Å². The van der Waals surface area contributed by atoms with Gasteiger partial charge < -0.3 is 9.88 Å². The van der Waals surface area contributed by atoms with Crippen molar-refractivity contribution in [3.05, 3.63) is 65.1 Å². The van der Waals surface area contributed by atoms with Crippen molar-refractivity contribution in [2.45, 2.75) is 25.3 Å². The van der Waals surface area contributed by atoms with E-state index >= 15 is 0 Å². The number of aromatic nitrogens is 2. The smallest absolute Gasteiger partial charge is 0.270 e. The highest BCUT2D eigenvalue weighted by molar-refractivity contribution is 6.31. The lowest BCUT2D eigenvalue weighted by atomic mass is 9.96. The quantitative estimate of drug-likeness (QED) is 0.742. The van der Waals surface area contributed by atoms with Crippen molar-refractivity contribution in [3.63, 3.8) is 0 Å². The number of aromatic amines is 1. The Labute approximate surface area is 145 Å². The van der Waals surface area contributed by atoms with Crippen LogP contribution in [-0.4, -0.2) is 27.3 Å². The number of rotatable bonds is 2. The van der Waals surface area contributed by atoms with E-state index in [9.17, 15) is 4.79 Å². The minimum Gasteiger partial charge on any atom is -0.351 e. The maximum Gasteiger partial charge on any atom is 0.270 e. The van der Waals surface area contributed by atoms with Gasteiger partial charge in [-0.3, -0.25) is 9.78 Å². The second kappa shape index (κ2) is 6.29. The van der Waals surface area contributed by atoms with E-state index in [1.165, 1.54) is 0 Å². The summed E-state index contributed by atoms with van der Waals surface area (Å²) in [6.45, 7) is 0.772. The largest absolute Gasteiger partial charge is 0.351 e. The summed E-state index contributed by atoms with van der Waals surface area (Å²) >= 11 is 6.04. The summed E-state index contributed by atoms with van der Waals surface area (Å²) < 4.78 is 0. The lowest BCUT2D eigenvalue weighted by molar-refractivity contribution is 0.0606. The molecular formula is C19H18ClN3O. The van der Waals surface area contributed by atoms with Crippen LogP contribution in [0.2, 0.25) is 5.02 Å². The molecule has 1 amide bonds. The van der Waals surface area contributed by atoms with Crippen molar-refractivity contribution in [3.8, 4) is 0 Å². The van der Waals surface area contributed by atoms with Gasteiger partial charge in [-0.1, -0.05) is 17.7 Å². The summed E-state index contributed by atoms with van der Waals surface area (Å²) in [5.41, 5.74) is 2.64. The number of likely N-dealkylation sites (tertiary alicyclic amines) is 1. The van der Waals surface area contributed by atoms with Gasteiger partial charge in [-0.2, -0.15) is 0 Å². The maximum absolute atomic E-state index is 13.1. The summed E-state index contributed by atoms with van der Waals surface area (Å²) in [5, 5.41) is 1.63. The molecule has 1 saturated heterocycles. The Morgan fingerprint density at radius 1 is 1.25 bits per heavy atom. The predicted molar refractivity (Wildman–Crippen MR) is 95.2 cm³/mol. The van der Waals surface area contributed by atoms with Gasteiger partial charge in [0.2, 0.25) is 0 Å². The molecule has 1 aliphatic heterocycles. The number of nitrogens with zero attached hydrogens (tertiary/aromatic N) is 2. The number of amides is 1. The highest BCUT2D eigenvalue weighted by Crippen LogP contribution is 2.32. The molecule has 1 fully saturated rings. The van der Waals surface area contributed by atoms with Gasteiger partial charge in [-0.05, 0) is 55.2 Å². The Bertz CT molecular complexity index is 875. The number of carbonyl (C=O) groups is 1. The van der Waals surface area contributed by atoms with E-state index in [2.05, 4.69) is 9.97 Å². The van der Waals surface area contributed by atoms with Crippen LogP contribution in [0.1, 0.15) is 41.4 Å². The van der Waals surface area contributed by atoms with E-state index in [1.54, 1.807) is 6.20 Å². The van der Waals surface area contributed by atoms with Crippen molar-refractivity contribution < 1.29 is 4.79 Å². The average molecular weight is 340 g/mol. The molecule has 0 bridgehead atoms. The Balaban J connectivity index is 1.67. The third-order valence-electron chi connectivity index (χ3n) is 4.65. The zero-order chi connectivity index (χ0) is 16.5. The summed E-state index contributed by atoms with van der Waals surface area (Å²) in [4.78, 5) is 22.5. The first-order chi connectivity index (χ1) is 11.7. The Morgan fingerprint density at radius 2 is 2.17 bits per heavy atom. The molecule has 0 radical (unpaired) electrons. The summed E-state index contributed by atoms with van der Waals surface area (Å²) in [5.74, 6) is 0.0378. The second-order valence-electron chi connectivity index (χ2n) is 6.21. The summed E-state index contributed by atoms with van der Waals surface area (Å²) in [6, 6.07) is 11.6. The second-order valence-corrected chi connectivity index (χ2v) is 6.65. The highest BCUT2D eigenvalue weighted by Gasteiger charge is 2.29. The normalized spacial score (nSPS) is 18.0. The van der Waals surface area contributed by atoms with Crippen LogP contribution in [0.4, 0.5) is 0 Å². The number of nitrogens with one attached hydrogen (secondary N) is 1. The number of hydrogen-bond acceptors (Lipinski definition) is 2. The number of carbonyl (C=O) groups excluding carboxylic acids is 1. The molecule has 24 heavy (non-hydrogen) atoms. The molecule has 4 rings (SSSR count). The first kappa shape index (κ1) is 15.2. The van der Waals surface area contributed by atoms with E-state index in [0.717, 1.165) is 42.3 Å². The molecule has 5 heteroatoms. The third kappa shape index (κ3) is 2.78. The third-order valence-corrected chi connectivity index (χ3v) is 4.88. The lowest BCUT2D eigenvalue weighted by Crippen LogP contribution is -2.38. The maximum atomic E-state index is 13.1. The van der Waals surface area contributed by atoms with Crippen LogP contribution in [0, 0.1) is 0 Å². The first-order valence-electron chi connectivity index (χ1n) is 8.21. The molecule has 3 heterocycles. The van der Waals surface area contributed by atoms with Crippen LogP contribution in [0.3, 0.4) is 0 Å². The van der Waals surface area contributed by atoms with Gasteiger partial charge in [0.25, 0.3) is 5.91 Å². The van der Waals surface area contributed by atoms with Crippen LogP contribution < -0.4 is 0 Å². The van der Waals surface area contributed by atoms with Gasteiger partial charge in [-0.15, -0.1) is 0 Å². The van der Waals surface area contributed by atoms with Crippen molar-refractivity contribution in [1.82, 2.24) is 14.9 Å². The van der Waals surface area contributed by atoms with Crippen LogP contribution in [-0.2, 0) is 0 Å². The zero-order valence-corrected chi connectivity index (χ0v) is 14.0. The Hall–Kier alpha value is -2.33. The van der Waals surface area contributed by atoms with E-state index in [-0.39, 0.29) is 11.9 Å². The molecule has 0 unspecified atom stereocenters. The van der Waals surface area contributed by atoms with Crippen molar-refractivity contribution in [2.24, 2.45) is 0 Å². The molecule has 1 aromatic carbocycles. The summed E-state index contributed by atoms with van der Waals surface area (Å²) in [7, 11) is 0. The average Bonchev–Trinajstić information content (AvgIpc) is 3.05. The van der Waals surface area contributed by atoms with Gasteiger partial charge in [0.15, 0.2) is 0 Å². The van der Waals surface area contributed by atoms with Crippen molar-refractivity contribution >= 4 is 28.4 Å². The molecule has 3 aromatic rings. The molecular weight excluding hydrogens is 322 g/mol. The molecule has 0 spiro atoms. The molecule has 1 aliphatic rings. The van der Waals surface area contributed by atoms with Crippen LogP contribution >= 0.6 is 11.6 Å². The SMILES string of the molecule is O=C(c1cc2cc(Cl)ccc2[nH]1)N1CCCC[C@@H]1c1cccnc1. The zero-order valence-electron chi connectivity index (χ0n) is 13.2. The molecule has 0 aliphatic carbocycles. The molecule has 122 valence electrons. The Kier molecular flexibility index (Phi) is 3.98. The number of fused-ring (bicyclic) bond motifs is 1. The fourth-order valence-electron chi connectivity index (χ4n) is 3.47. The minimum absolute atomic E-state index is 0.0378. The van der Waals surface area contributed by atoms with E-state index < -0.39 is 0 Å². The monoisotopic (exact) mass is 339 g/mol. The highest BCUT2D eigenvalue weighted by atomic mass is 35.5. The van der Waals surface area contributed by atoms with Gasteiger partial charge in [0, 0.05) is 34.9 Å². The molecule has 2 aromatic heterocycles. The fourth-order valence-corrected chi connectivity index (χ4v) is 3.65. The predicted octanol–water partition coefficient (Wildman–Crippen LogP) is 4.58. The number of hydrogen-bond donors (Lipinski definition) is 1. The van der Waals surface area contributed by atoms with E-state index in [1.807, 2.05) is 47.5 Å². The van der Waals surface area contributed by atoms with Gasteiger partial charge in [0.05, 0.1) is 6.04 Å². The van der Waals surface area contributed by atoms with Gasteiger partial charge in [-0.25, -0.2) is 0 Å². The van der Waals surface area contributed by atoms with Crippen LogP contribution in [0.15, 0.2) is 48.8 Å². The topological polar surface area (TPSA) is 49.0 Å². The van der Waals surface area contributed by atoms with Crippen molar-refractivity contribution in [1.29, 1.82) is 0 Å². The molecule has 1 N–H and O–H groups in total. The molecule has 1 atom stereocenters. The number of halogens is 1. The van der Waals surface area contributed by atoms with Gasteiger partial charge in [0.1, 0.15) is 5.69 Å². The summed E-state index contributed by atoms with van der Waals surface area (Å²) in [6.07, 6.45) is 6.77. The molecule has 4 nitrogen and oxygen atoms in total. The minimum atomic E-state index is 0.0378. The Morgan fingerprint density at radius 3 is 3.00 bits per heavy atom. The standard InChI is InChI=1S/C19H18ClN3O/c20-15-6-7-16-14(10-15)11-17(22-16)19(24)23-9-2-1-5-18(23)13-4-3-8-21-12-13/h3-4,6-8,10-12,18,22H,1-2,5,9H2/t18-/m1/s1. The number of pyridine rings is 1. The number of piperidine rings is 1.